The molecule has 5 rings (SSSR count). The van der Waals surface area contributed by atoms with Gasteiger partial charge in [0.2, 0.25) is 11.7 Å². The molecule has 4 heterocycles. The Kier molecular flexibility index (Phi) is 5.01. The van der Waals surface area contributed by atoms with Crippen LogP contribution in [0.3, 0.4) is 0 Å². The fraction of sp³-hybridized carbons (Fsp3) is 0.300. The van der Waals surface area contributed by atoms with Gasteiger partial charge in [-0.25, -0.2) is 9.18 Å². The zero-order valence-corrected chi connectivity index (χ0v) is 16.7. The predicted octanol–water partition coefficient (Wildman–Crippen LogP) is 3.59. The van der Waals surface area contributed by atoms with Gasteiger partial charge in [-0.2, -0.15) is 9.67 Å². The van der Waals surface area contributed by atoms with Crippen molar-refractivity contribution in [1.29, 1.82) is 0 Å². The van der Waals surface area contributed by atoms with Crippen LogP contribution in [0.2, 0.25) is 0 Å². The molecule has 1 unspecified atom stereocenters. The minimum absolute atomic E-state index is 0.0554. The van der Waals surface area contributed by atoms with Gasteiger partial charge >= 0.3 is 5.76 Å². The van der Waals surface area contributed by atoms with Gasteiger partial charge < -0.3 is 8.94 Å². The van der Waals surface area contributed by atoms with E-state index in [2.05, 4.69) is 20.1 Å². The van der Waals surface area contributed by atoms with E-state index in [0.29, 0.717) is 36.4 Å². The SMILES string of the molecule is O=c1oc(-c2cccs2)nn1CN1CCCC(c2nc(-c3ccc(F)cc3)no2)C1. The van der Waals surface area contributed by atoms with Gasteiger partial charge in [-0.1, -0.05) is 11.2 Å². The summed E-state index contributed by atoms with van der Waals surface area (Å²) in [5.74, 6) is 0.595. The van der Waals surface area contributed by atoms with E-state index in [1.807, 2.05) is 17.5 Å². The normalized spacial score (nSPS) is 17.4. The zero-order chi connectivity index (χ0) is 20.5. The van der Waals surface area contributed by atoms with Crippen molar-refractivity contribution < 1.29 is 13.3 Å². The first-order valence-electron chi connectivity index (χ1n) is 9.59. The largest absolute Gasteiger partial charge is 0.438 e. The van der Waals surface area contributed by atoms with Gasteiger partial charge in [0.05, 0.1) is 10.8 Å². The highest BCUT2D eigenvalue weighted by molar-refractivity contribution is 7.13. The zero-order valence-electron chi connectivity index (χ0n) is 15.9. The first kappa shape index (κ1) is 18.9. The molecule has 1 aromatic carbocycles. The van der Waals surface area contributed by atoms with E-state index in [4.69, 9.17) is 8.94 Å². The van der Waals surface area contributed by atoms with E-state index in [1.54, 1.807) is 12.1 Å². The quantitative estimate of drug-likeness (QED) is 0.481. The van der Waals surface area contributed by atoms with E-state index in [1.165, 1.54) is 28.2 Å². The van der Waals surface area contributed by atoms with Gasteiger partial charge in [0, 0.05) is 12.1 Å². The molecule has 0 amide bonds. The molecular formula is C20H18FN5O3S. The summed E-state index contributed by atoms with van der Waals surface area (Å²) < 4.78 is 25.2. The second-order valence-electron chi connectivity index (χ2n) is 7.17. The Labute approximate surface area is 174 Å². The predicted molar refractivity (Wildman–Crippen MR) is 107 cm³/mol. The highest BCUT2D eigenvalue weighted by atomic mass is 32.1. The molecule has 1 saturated heterocycles. The first-order valence-corrected chi connectivity index (χ1v) is 10.5. The number of likely N-dealkylation sites (tertiary alicyclic amines) is 1. The third kappa shape index (κ3) is 3.83. The number of hydrogen-bond donors (Lipinski definition) is 0. The number of thiophene rings is 1. The maximum Gasteiger partial charge on any atom is 0.438 e. The van der Waals surface area contributed by atoms with Gasteiger partial charge in [-0.3, -0.25) is 4.90 Å². The molecule has 1 fully saturated rings. The Balaban J connectivity index is 1.29. The molecule has 0 saturated carbocycles. The van der Waals surface area contributed by atoms with Gasteiger partial charge in [0.1, 0.15) is 12.5 Å². The van der Waals surface area contributed by atoms with Crippen molar-refractivity contribution in [2.24, 2.45) is 0 Å². The van der Waals surface area contributed by atoms with Crippen LogP contribution in [0, 0.1) is 5.82 Å². The van der Waals surface area contributed by atoms with Crippen LogP contribution in [0.5, 0.6) is 0 Å². The Hall–Kier alpha value is -3.11. The second kappa shape index (κ2) is 7.96. The fourth-order valence-electron chi connectivity index (χ4n) is 3.59. The lowest BCUT2D eigenvalue weighted by atomic mass is 9.98. The van der Waals surface area contributed by atoms with Crippen LogP contribution in [-0.4, -0.2) is 37.9 Å². The average molecular weight is 427 g/mol. The van der Waals surface area contributed by atoms with Crippen LogP contribution < -0.4 is 5.76 Å². The van der Waals surface area contributed by atoms with Crippen LogP contribution in [-0.2, 0) is 6.67 Å². The number of nitrogens with zero attached hydrogens (tertiary/aromatic N) is 5. The molecule has 0 aliphatic carbocycles. The molecule has 1 aliphatic rings. The summed E-state index contributed by atoms with van der Waals surface area (Å²) >= 11 is 1.47. The van der Waals surface area contributed by atoms with E-state index in [-0.39, 0.29) is 11.7 Å². The molecule has 154 valence electrons. The lowest BCUT2D eigenvalue weighted by Gasteiger charge is -2.30. The molecule has 0 bridgehead atoms. The molecule has 4 aromatic rings. The Morgan fingerprint density at radius 2 is 2.10 bits per heavy atom. The lowest BCUT2D eigenvalue weighted by molar-refractivity contribution is 0.140. The lowest BCUT2D eigenvalue weighted by Crippen LogP contribution is -2.38. The van der Waals surface area contributed by atoms with Gasteiger partial charge in [-0.05, 0) is 55.1 Å². The summed E-state index contributed by atoms with van der Waals surface area (Å²) in [4.78, 5) is 19.6. The molecule has 10 heteroatoms. The van der Waals surface area contributed by atoms with Gasteiger partial charge in [-0.15, -0.1) is 16.4 Å². The summed E-state index contributed by atoms with van der Waals surface area (Å²) in [6.07, 6.45) is 1.85. The molecule has 30 heavy (non-hydrogen) atoms. The molecule has 3 aromatic heterocycles. The van der Waals surface area contributed by atoms with E-state index in [0.717, 1.165) is 24.3 Å². The minimum Gasteiger partial charge on any atom is -0.387 e. The smallest absolute Gasteiger partial charge is 0.387 e. The standard InChI is InChI=1S/C20H18FN5O3S/c21-15-7-5-13(6-8-15)17-22-18(29-24-17)14-3-1-9-25(11-14)12-26-20(27)28-19(23-26)16-4-2-10-30-16/h2,4-8,10,14H,1,3,9,11-12H2. The molecule has 8 nitrogen and oxygen atoms in total. The van der Waals surface area contributed by atoms with E-state index < -0.39 is 5.76 Å². The van der Waals surface area contributed by atoms with Crippen molar-refractivity contribution in [3.63, 3.8) is 0 Å². The Morgan fingerprint density at radius 3 is 2.90 bits per heavy atom. The fourth-order valence-corrected chi connectivity index (χ4v) is 4.23. The Morgan fingerprint density at radius 1 is 1.23 bits per heavy atom. The van der Waals surface area contributed by atoms with Crippen LogP contribution in [0.4, 0.5) is 4.39 Å². The topological polar surface area (TPSA) is 90.2 Å². The van der Waals surface area contributed by atoms with E-state index >= 15 is 0 Å². The maximum atomic E-state index is 13.1. The monoisotopic (exact) mass is 427 g/mol. The summed E-state index contributed by atoms with van der Waals surface area (Å²) in [5.41, 5.74) is 0.703. The third-order valence-electron chi connectivity index (χ3n) is 5.07. The second-order valence-corrected chi connectivity index (χ2v) is 8.12. The molecular weight excluding hydrogens is 409 g/mol. The van der Waals surface area contributed by atoms with Crippen LogP contribution in [0.25, 0.3) is 22.2 Å². The van der Waals surface area contributed by atoms with Crippen LogP contribution in [0.1, 0.15) is 24.7 Å². The first-order chi connectivity index (χ1) is 14.7. The van der Waals surface area contributed by atoms with Gasteiger partial charge in [0.15, 0.2) is 0 Å². The van der Waals surface area contributed by atoms with E-state index in [9.17, 15) is 9.18 Å². The Bertz CT molecular complexity index is 1180. The number of benzene rings is 1. The van der Waals surface area contributed by atoms with Crippen LogP contribution >= 0.6 is 11.3 Å². The maximum absolute atomic E-state index is 13.1. The molecule has 0 spiro atoms. The van der Waals surface area contributed by atoms with Gasteiger partial charge in [0.25, 0.3) is 5.89 Å². The highest BCUT2D eigenvalue weighted by Crippen LogP contribution is 2.28. The number of hydrogen-bond acceptors (Lipinski definition) is 8. The van der Waals surface area contributed by atoms with Crippen molar-refractivity contribution in [1.82, 2.24) is 24.8 Å². The third-order valence-corrected chi connectivity index (χ3v) is 5.93. The average Bonchev–Trinajstić information content (AvgIpc) is 3.50. The number of halogens is 1. The summed E-state index contributed by atoms with van der Waals surface area (Å²) in [7, 11) is 0. The summed E-state index contributed by atoms with van der Waals surface area (Å²) in [6.45, 7) is 1.84. The minimum atomic E-state index is -0.475. The molecule has 0 radical (unpaired) electrons. The highest BCUT2D eigenvalue weighted by Gasteiger charge is 2.27. The summed E-state index contributed by atoms with van der Waals surface area (Å²) in [5, 5.41) is 10.3. The summed E-state index contributed by atoms with van der Waals surface area (Å²) in [6, 6.07) is 9.74. The molecule has 1 aliphatic heterocycles. The number of rotatable bonds is 5. The van der Waals surface area contributed by atoms with Crippen LogP contribution in [0.15, 0.2) is 55.5 Å². The van der Waals surface area contributed by atoms with Crippen molar-refractivity contribution in [2.75, 3.05) is 13.1 Å². The molecule has 1 atom stereocenters. The van der Waals surface area contributed by atoms with Crippen molar-refractivity contribution in [3.05, 3.63) is 64.0 Å². The van der Waals surface area contributed by atoms with Crippen molar-refractivity contribution in [2.45, 2.75) is 25.4 Å². The number of piperidine rings is 1. The number of aromatic nitrogens is 4. The van der Waals surface area contributed by atoms with Crippen molar-refractivity contribution in [3.8, 4) is 22.2 Å². The van der Waals surface area contributed by atoms with Crippen molar-refractivity contribution >= 4 is 11.3 Å². The molecule has 0 N–H and O–H groups in total.